The van der Waals surface area contributed by atoms with Crippen LogP contribution in [0.3, 0.4) is 0 Å². The quantitative estimate of drug-likeness (QED) is 0.499. The van der Waals surface area contributed by atoms with Gasteiger partial charge in [0.05, 0.1) is 0 Å². The molecule has 84 valence electrons. The molecule has 0 heterocycles. The maximum absolute atomic E-state index is 5.56. The van der Waals surface area contributed by atoms with E-state index >= 15 is 0 Å². The van der Waals surface area contributed by atoms with Crippen LogP contribution in [0.25, 0.3) is 0 Å². The second-order valence-corrected chi connectivity index (χ2v) is 4.24. The summed E-state index contributed by atoms with van der Waals surface area (Å²) >= 11 is 0. The molecule has 1 atom stereocenters. The molecular formula is C14H23N. The molecule has 1 aliphatic rings. The van der Waals surface area contributed by atoms with E-state index in [1.165, 1.54) is 24.0 Å². The van der Waals surface area contributed by atoms with Gasteiger partial charge >= 0.3 is 0 Å². The van der Waals surface area contributed by atoms with Crippen molar-refractivity contribution < 1.29 is 0 Å². The first-order chi connectivity index (χ1) is 7.22. The number of allylic oxidation sites excluding steroid dienone is 4. The molecule has 0 aliphatic heterocycles. The van der Waals surface area contributed by atoms with Crippen molar-refractivity contribution in [2.45, 2.75) is 39.5 Å². The fourth-order valence-electron chi connectivity index (χ4n) is 1.93. The zero-order chi connectivity index (χ0) is 11.3. The van der Waals surface area contributed by atoms with Crippen LogP contribution in [0.2, 0.25) is 0 Å². The summed E-state index contributed by atoms with van der Waals surface area (Å²) in [4.78, 5) is 0. The van der Waals surface area contributed by atoms with Crippen LogP contribution in [0.4, 0.5) is 0 Å². The molecule has 0 aromatic heterocycles. The van der Waals surface area contributed by atoms with E-state index in [4.69, 9.17) is 5.73 Å². The third kappa shape index (κ3) is 3.67. The average Bonchev–Trinajstić information content (AvgIpc) is 2.97. The highest BCUT2D eigenvalue weighted by molar-refractivity contribution is 5.44. The molecule has 0 aromatic carbocycles. The van der Waals surface area contributed by atoms with Crippen LogP contribution in [-0.4, -0.2) is 6.54 Å². The minimum Gasteiger partial charge on any atom is -0.330 e. The first-order valence-electron chi connectivity index (χ1n) is 6.01. The summed E-state index contributed by atoms with van der Waals surface area (Å²) in [6, 6.07) is 0. The summed E-state index contributed by atoms with van der Waals surface area (Å²) in [5.74, 6) is 0.573. The van der Waals surface area contributed by atoms with Crippen LogP contribution in [0.15, 0.2) is 35.5 Å². The SMILES string of the molecule is C=C(/C=C(\CC)CCN)C1C=C1CCC. The molecule has 0 spiro atoms. The molecule has 0 saturated heterocycles. The fourth-order valence-corrected chi connectivity index (χ4v) is 1.93. The standard InChI is InChI=1S/C14H23N/c1-4-6-13-10-14(13)11(3)9-12(5-2)7-8-15/h9-10,14H,3-8,15H2,1-2H3/b12-9+. The van der Waals surface area contributed by atoms with Crippen molar-refractivity contribution in [1.29, 1.82) is 0 Å². The van der Waals surface area contributed by atoms with Gasteiger partial charge < -0.3 is 5.73 Å². The van der Waals surface area contributed by atoms with Crippen molar-refractivity contribution >= 4 is 0 Å². The zero-order valence-corrected chi connectivity index (χ0v) is 10.1. The molecule has 1 aliphatic carbocycles. The summed E-state index contributed by atoms with van der Waals surface area (Å²) in [7, 11) is 0. The van der Waals surface area contributed by atoms with E-state index in [2.05, 4.69) is 32.6 Å². The van der Waals surface area contributed by atoms with E-state index in [-0.39, 0.29) is 0 Å². The monoisotopic (exact) mass is 205 g/mol. The van der Waals surface area contributed by atoms with Crippen molar-refractivity contribution in [3.8, 4) is 0 Å². The molecule has 1 nitrogen and oxygen atoms in total. The molecule has 0 saturated carbocycles. The third-order valence-corrected chi connectivity index (χ3v) is 2.92. The highest BCUT2D eigenvalue weighted by Gasteiger charge is 2.24. The smallest absolute Gasteiger partial charge is 0.0225 e. The largest absolute Gasteiger partial charge is 0.330 e. The number of hydrogen-bond donors (Lipinski definition) is 1. The Balaban J connectivity index is 2.42. The van der Waals surface area contributed by atoms with Gasteiger partial charge in [-0.2, -0.15) is 0 Å². The first-order valence-corrected chi connectivity index (χ1v) is 6.01. The molecule has 0 amide bonds. The molecule has 0 bridgehead atoms. The molecule has 0 aromatic rings. The zero-order valence-electron chi connectivity index (χ0n) is 10.1. The van der Waals surface area contributed by atoms with Gasteiger partial charge in [-0.1, -0.05) is 50.1 Å². The molecule has 0 radical (unpaired) electrons. The molecule has 15 heavy (non-hydrogen) atoms. The van der Waals surface area contributed by atoms with E-state index in [1.54, 1.807) is 5.57 Å². The Morgan fingerprint density at radius 1 is 1.53 bits per heavy atom. The first kappa shape index (κ1) is 12.3. The second-order valence-electron chi connectivity index (χ2n) is 4.24. The third-order valence-electron chi connectivity index (χ3n) is 2.92. The minimum atomic E-state index is 0.573. The van der Waals surface area contributed by atoms with Crippen molar-refractivity contribution in [3.63, 3.8) is 0 Å². The summed E-state index contributed by atoms with van der Waals surface area (Å²) in [5, 5.41) is 0. The Bertz CT molecular complexity index is 284. The van der Waals surface area contributed by atoms with E-state index in [0.29, 0.717) is 5.92 Å². The number of nitrogens with two attached hydrogens (primary N) is 1. The molecule has 1 unspecified atom stereocenters. The van der Waals surface area contributed by atoms with Crippen molar-refractivity contribution in [1.82, 2.24) is 0 Å². The Hall–Kier alpha value is -0.820. The van der Waals surface area contributed by atoms with Crippen molar-refractivity contribution in [3.05, 3.63) is 35.5 Å². The van der Waals surface area contributed by atoms with Gasteiger partial charge in [-0.15, -0.1) is 0 Å². The highest BCUT2D eigenvalue weighted by atomic mass is 14.5. The van der Waals surface area contributed by atoms with E-state index in [0.717, 1.165) is 19.4 Å². The van der Waals surface area contributed by atoms with Crippen LogP contribution in [0.1, 0.15) is 39.5 Å². The number of hydrogen-bond acceptors (Lipinski definition) is 1. The molecule has 1 heteroatoms. The topological polar surface area (TPSA) is 26.0 Å². The van der Waals surface area contributed by atoms with Crippen LogP contribution in [0, 0.1) is 5.92 Å². The second kappa shape index (κ2) is 5.92. The summed E-state index contributed by atoms with van der Waals surface area (Å²) < 4.78 is 0. The van der Waals surface area contributed by atoms with E-state index in [1.807, 2.05) is 0 Å². The van der Waals surface area contributed by atoms with Crippen LogP contribution < -0.4 is 5.73 Å². The van der Waals surface area contributed by atoms with Crippen molar-refractivity contribution in [2.24, 2.45) is 11.7 Å². The summed E-state index contributed by atoms with van der Waals surface area (Å²) in [5.41, 5.74) is 9.82. The van der Waals surface area contributed by atoms with Gasteiger partial charge in [0.25, 0.3) is 0 Å². The summed E-state index contributed by atoms with van der Waals surface area (Å²) in [6.45, 7) is 9.30. The Labute approximate surface area is 93.7 Å². The van der Waals surface area contributed by atoms with Gasteiger partial charge in [-0.25, -0.2) is 0 Å². The summed E-state index contributed by atoms with van der Waals surface area (Å²) in [6.07, 6.45) is 9.14. The van der Waals surface area contributed by atoms with Gasteiger partial charge in [0, 0.05) is 5.92 Å². The lowest BCUT2D eigenvalue weighted by atomic mass is 10.0. The highest BCUT2D eigenvalue weighted by Crippen LogP contribution is 2.39. The maximum atomic E-state index is 5.56. The molecule has 2 N–H and O–H groups in total. The Morgan fingerprint density at radius 2 is 2.27 bits per heavy atom. The lowest BCUT2D eigenvalue weighted by Crippen LogP contribution is -2.00. The molecule has 0 fully saturated rings. The molecular weight excluding hydrogens is 182 g/mol. The lowest BCUT2D eigenvalue weighted by Gasteiger charge is -2.05. The normalized spacial score (nSPS) is 20.1. The Morgan fingerprint density at radius 3 is 2.80 bits per heavy atom. The van der Waals surface area contributed by atoms with Gasteiger partial charge in [0.1, 0.15) is 0 Å². The average molecular weight is 205 g/mol. The van der Waals surface area contributed by atoms with E-state index in [9.17, 15) is 0 Å². The van der Waals surface area contributed by atoms with Gasteiger partial charge in [0.2, 0.25) is 0 Å². The van der Waals surface area contributed by atoms with Crippen LogP contribution in [-0.2, 0) is 0 Å². The number of rotatable bonds is 7. The minimum absolute atomic E-state index is 0.573. The van der Waals surface area contributed by atoms with Gasteiger partial charge in [-0.05, 0) is 31.4 Å². The fraction of sp³-hybridized carbons (Fsp3) is 0.571. The predicted octanol–water partition coefficient (Wildman–Crippen LogP) is 3.58. The van der Waals surface area contributed by atoms with Crippen LogP contribution >= 0.6 is 0 Å². The van der Waals surface area contributed by atoms with Crippen molar-refractivity contribution in [2.75, 3.05) is 6.54 Å². The van der Waals surface area contributed by atoms with E-state index < -0.39 is 0 Å². The van der Waals surface area contributed by atoms with Crippen LogP contribution in [0.5, 0.6) is 0 Å². The molecule has 1 rings (SSSR count). The van der Waals surface area contributed by atoms with Gasteiger partial charge in [0.15, 0.2) is 0 Å². The predicted molar refractivity (Wildman–Crippen MR) is 67.7 cm³/mol. The maximum Gasteiger partial charge on any atom is 0.0225 e. The Kier molecular flexibility index (Phi) is 4.83. The lowest BCUT2D eigenvalue weighted by molar-refractivity contribution is 0.872. The van der Waals surface area contributed by atoms with Gasteiger partial charge in [-0.3, -0.25) is 0 Å².